The number of hydrogen-bond acceptors (Lipinski definition) is 6. The number of anilines is 2. The molecule has 1 fully saturated rings. The lowest BCUT2D eigenvalue weighted by Crippen LogP contribution is -2.49. The van der Waals surface area contributed by atoms with Crippen molar-refractivity contribution in [2.75, 3.05) is 36.8 Å². The maximum atomic E-state index is 12.7. The first-order valence-electron chi connectivity index (χ1n) is 7.81. The van der Waals surface area contributed by atoms with Crippen LogP contribution in [0, 0.1) is 6.92 Å². The van der Waals surface area contributed by atoms with E-state index in [1.165, 1.54) is 11.5 Å². The van der Waals surface area contributed by atoms with Crippen molar-refractivity contribution in [1.29, 1.82) is 0 Å². The molecule has 0 spiro atoms. The zero-order valence-electron chi connectivity index (χ0n) is 14.3. The molecule has 1 amide bonds. The van der Waals surface area contributed by atoms with Gasteiger partial charge in [0, 0.05) is 55.4 Å². The van der Waals surface area contributed by atoms with Crippen LogP contribution in [0.25, 0.3) is 0 Å². The van der Waals surface area contributed by atoms with Crippen molar-refractivity contribution in [3.63, 3.8) is 0 Å². The second-order valence-electron chi connectivity index (χ2n) is 5.70. The van der Waals surface area contributed by atoms with Gasteiger partial charge >= 0.3 is 0 Å². The molecule has 0 radical (unpaired) electrons. The third-order valence-electron chi connectivity index (χ3n) is 4.10. The van der Waals surface area contributed by atoms with Gasteiger partial charge in [0.05, 0.1) is 0 Å². The highest BCUT2D eigenvalue weighted by atomic mass is 35.5. The number of benzene rings is 1. The number of rotatable bonds is 3. The fraction of sp³-hybridized carbons (Fsp3) is 0.438. The highest BCUT2D eigenvalue weighted by Crippen LogP contribution is 2.21. The van der Waals surface area contributed by atoms with E-state index in [0.29, 0.717) is 24.3 Å². The van der Waals surface area contributed by atoms with Crippen molar-refractivity contribution < 1.29 is 4.79 Å². The number of piperazine rings is 1. The van der Waals surface area contributed by atoms with E-state index < -0.39 is 0 Å². The third kappa shape index (κ3) is 4.74. The molecular formula is C16H23Cl2N5OS. The number of carbonyl (C=O) groups excluding carboxylic acids is 1. The Morgan fingerprint density at radius 3 is 2.52 bits per heavy atom. The van der Waals surface area contributed by atoms with Crippen LogP contribution in [0.15, 0.2) is 18.2 Å². The van der Waals surface area contributed by atoms with Gasteiger partial charge in [0.1, 0.15) is 5.82 Å². The van der Waals surface area contributed by atoms with E-state index in [1.54, 1.807) is 6.07 Å². The number of carbonyl (C=O) groups is 1. The largest absolute Gasteiger partial charge is 0.399 e. The van der Waals surface area contributed by atoms with Gasteiger partial charge in [-0.25, -0.2) is 4.98 Å². The maximum Gasteiger partial charge on any atom is 0.254 e. The van der Waals surface area contributed by atoms with Crippen LogP contribution in [0.3, 0.4) is 0 Å². The molecule has 9 heteroatoms. The summed E-state index contributed by atoms with van der Waals surface area (Å²) in [5.74, 6) is 0.944. The van der Waals surface area contributed by atoms with Crippen molar-refractivity contribution in [2.45, 2.75) is 20.3 Å². The Morgan fingerprint density at radius 1 is 1.24 bits per heavy atom. The maximum absolute atomic E-state index is 12.7. The Balaban J connectivity index is 0.00000156. The van der Waals surface area contributed by atoms with Crippen LogP contribution < -0.4 is 10.6 Å². The molecule has 3 rings (SSSR count). The summed E-state index contributed by atoms with van der Waals surface area (Å²) in [5.41, 5.74) is 8.10. The Bertz CT molecular complexity index is 716. The van der Waals surface area contributed by atoms with Gasteiger partial charge in [-0.3, -0.25) is 4.79 Å². The van der Waals surface area contributed by atoms with Crippen LogP contribution in [0.4, 0.5) is 10.8 Å². The van der Waals surface area contributed by atoms with Gasteiger partial charge in [-0.1, -0.05) is 13.0 Å². The lowest BCUT2D eigenvalue weighted by molar-refractivity contribution is 0.0746. The smallest absolute Gasteiger partial charge is 0.254 e. The third-order valence-corrected chi connectivity index (χ3v) is 4.92. The first-order chi connectivity index (χ1) is 11.1. The van der Waals surface area contributed by atoms with Gasteiger partial charge < -0.3 is 15.5 Å². The Hall–Kier alpha value is -1.57. The van der Waals surface area contributed by atoms with E-state index in [0.717, 1.165) is 36.0 Å². The van der Waals surface area contributed by atoms with Gasteiger partial charge in [-0.05, 0) is 24.6 Å². The van der Waals surface area contributed by atoms with Gasteiger partial charge in [-0.15, -0.1) is 24.8 Å². The number of aryl methyl sites for hydroxylation is 2. The molecule has 1 aliphatic rings. The summed E-state index contributed by atoms with van der Waals surface area (Å²) in [7, 11) is 0. The molecule has 1 aromatic carbocycles. The highest BCUT2D eigenvalue weighted by Gasteiger charge is 2.24. The fourth-order valence-electron chi connectivity index (χ4n) is 2.66. The summed E-state index contributed by atoms with van der Waals surface area (Å²) in [5, 5.41) is 0.953. The molecule has 1 saturated heterocycles. The molecule has 2 heterocycles. The predicted molar refractivity (Wildman–Crippen MR) is 107 cm³/mol. The van der Waals surface area contributed by atoms with Crippen LogP contribution in [0.2, 0.25) is 0 Å². The van der Waals surface area contributed by atoms with Crippen LogP contribution in [0.5, 0.6) is 0 Å². The molecule has 25 heavy (non-hydrogen) atoms. The normalized spacial score (nSPS) is 13.8. The van der Waals surface area contributed by atoms with E-state index in [1.807, 2.05) is 24.0 Å². The molecule has 0 bridgehead atoms. The van der Waals surface area contributed by atoms with E-state index in [2.05, 4.69) is 21.2 Å². The summed E-state index contributed by atoms with van der Waals surface area (Å²) >= 11 is 1.44. The molecule has 0 saturated carbocycles. The minimum atomic E-state index is 0. The fourth-order valence-corrected chi connectivity index (χ4v) is 3.46. The lowest BCUT2D eigenvalue weighted by atomic mass is 10.1. The van der Waals surface area contributed by atoms with Crippen molar-refractivity contribution in [2.24, 2.45) is 0 Å². The molecule has 0 unspecified atom stereocenters. The van der Waals surface area contributed by atoms with E-state index in [-0.39, 0.29) is 30.7 Å². The number of hydrogen-bond donors (Lipinski definition) is 1. The van der Waals surface area contributed by atoms with E-state index in [4.69, 9.17) is 5.73 Å². The van der Waals surface area contributed by atoms with Crippen molar-refractivity contribution in [3.8, 4) is 0 Å². The second kappa shape index (κ2) is 9.22. The lowest BCUT2D eigenvalue weighted by Gasteiger charge is -2.34. The van der Waals surface area contributed by atoms with Crippen LogP contribution in [-0.4, -0.2) is 46.3 Å². The zero-order chi connectivity index (χ0) is 16.4. The quantitative estimate of drug-likeness (QED) is 0.797. The summed E-state index contributed by atoms with van der Waals surface area (Å²) in [6.07, 6.45) is 0.851. The van der Waals surface area contributed by atoms with Crippen LogP contribution >= 0.6 is 36.3 Å². The van der Waals surface area contributed by atoms with Gasteiger partial charge in [-0.2, -0.15) is 4.37 Å². The van der Waals surface area contributed by atoms with Gasteiger partial charge in [0.15, 0.2) is 0 Å². The topological polar surface area (TPSA) is 75.4 Å². The van der Waals surface area contributed by atoms with Gasteiger partial charge in [0.25, 0.3) is 5.91 Å². The standard InChI is InChI=1S/C16H21N5OS.2ClH/c1-3-14-18-16(23-19-14)21-8-6-20(7-9-21)15(22)13-10-12(17)5-4-11(13)2;;/h4-5,10H,3,6-9,17H2,1-2H3;2*1H. The Morgan fingerprint density at radius 2 is 1.92 bits per heavy atom. The molecular weight excluding hydrogens is 381 g/mol. The van der Waals surface area contributed by atoms with Crippen LogP contribution in [0.1, 0.15) is 28.7 Å². The van der Waals surface area contributed by atoms with E-state index in [9.17, 15) is 4.79 Å². The average Bonchev–Trinajstić information content (AvgIpc) is 3.06. The number of amides is 1. The SMILES string of the molecule is CCc1nsc(N2CCN(C(=O)c3cc(N)ccc3C)CC2)n1.Cl.Cl. The summed E-state index contributed by atoms with van der Waals surface area (Å²) in [4.78, 5) is 21.3. The monoisotopic (exact) mass is 403 g/mol. The minimum absolute atomic E-state index is 0. The number of nitrogen functional groups attached to an aromatic ring is 1. The number of nitrogens with two attached hydrogens (primary N) is 1. The molecule has 1 aliphatic heterocycles. The molecule has 1 aromatic heterocycles. The first-order valence-corrected chi connectivity index (χ1v) is 8.58. The first kappa shape index (κ1) is 21.5. The zero-order valence-corrected chi connectivity index (χ0v) is 16.7. The molecule has 0 atom stereocenters. The summed E-state index contributed by atoms with van der Waals surface area (Å²) in [6, 6.07) is 5.49. The molecule has 138 valence electrons. The van der Waals surface area contributed by atoms with E-state index >= 15 is 0 Å². The molecule has 6 nitrogen and oxygen atoms in total. The summed E-state index contributed by atoms with van der Waals surface area (Å²) < 4.78 is 4.33. The van der Waals surface area contributed by atoms with Crippen molar-refractivity contribution in [3.05, 3.63) is 35.2 Å². The molecule has 2 N–H and O–H groups in total. The number of aromatic nitrogens is 2. The second-order valence-corrected chi connectivity index (χ2v) is 6.43. The van der Waals surface area contributed by atoms with Crippen LogP contribution in [-0.2, 0) is 6.42 Å². The average molecular weight is 404 g/mol. The number of nitrogens with zero attached hydrogens (tertiary/aromatic N) is 4. The Labute approximate surface area is 164 Å². The Kier molecular flexibility index (Phi) is 7.92. The number of halogens is 2. The van der Waals surface area contributed by atoms with Crippen molar-refractivity contribution in [1.82, 2.24) is 14.3 Å². The summed E-state index contributed by atoms with van der Waals surface area (Å²) in [6.45, 7) is 6.94. The van der Waals surface area contributed by atoms with Crippen molar-refractivity contribution >= 4 is 53.1 Å². The van der Waals surface area contributed by atoms with Gasteiger partial charge in [0.2, 0.25) is 5.13 Å². The highest BCUT2D eigenvalue weighted by molar-refractivity contribution is 7.09. The minimum Gasteiger partial charge on any atom is -0.399 e. The molecule has 2 aromatic rings. The molecule has 0 aliphatic carbocycles. The predicted octanol–water partition coefficient (Wildman–Crippen LogP) is 2.80.